The molecule has 2 heterocycles. The molecular weight excluding hydrogens is 305 g/mol. The average molecular weight is 322 g/mol. The van der Waals surface area contributed by atoms with E-state index >= 15 is 0 Å². The standard InChI is InChI=1S/C16H17Cl2N3/c17-12-4-5-14(18)13(11-12)16(15-3-1-2-6-20-15)21-9-7-19-8-10-21/h1-6,11,16,19H,7-10H2. The van der Waals surface area contributed by atoms with Gasteiger partial charge in [-0.15, -0.1) is 0 Å². The largest absolute Gasteiger partial charge is 0.314 e. The molecule has 1 saturated heterocycles. The molecule has 3 nitrogen and oxygen atoms in total. The van der Waals surface area contributed by atoms with Crippen molar-refractivity contribution < 1.29 is 0 Å². The first kappa shape index (κ1) is 14.8. The molecule has 0 saturated carbocycles. The molecule has 0 amide bonds. The first-order valence-corrected chi connectivity index (χ1v) is 7.82. The van der Waals surface area contributed by atoms with E-state index in [2.05, 4.69) is 15.2 Å². The summed E-state index contributed by atoms with van der Waals surface area (Å²) >= 11 is 12.6. The van der Waals surface area contributed by atoms with Crippen molar-refractivity contribution in [2.75, 3.05) is 26.2 Å². The molecule has 1 aromatic carbocycles. The predicted octanol–water partition coefficient (Wildman–Crippen LogP) is 3.38. The highest BCUT2D eigenvalue weighted by atomic mass is 35.5. The maximum absolute atomic E-state index is 6.43. The number of hydrogen-bond donors (Lipinski definition) is 1. The van der Waals surface area contributed by atoms with Gasteiger partial charge in [0.05, 0.1) is 11.7 Å². The number of rotatable bonds is 3. The van der Waals surface area contributed by atoms with Crippen LogP contribution < -0.4 is 5.32 Å². The van der Waals surface area contributed by atoms with Gasteiger partial charge in [0.25, 0.3) is 0 Å². The van der Waals surface area contributed by atoms with E-state index < -0.39 is 0 Å². The minimum atomic E-state index is 0.0412. The molecule has 1 aromatic heterocycles. The van der Waals surface area contributed by atoms with Gasteiger partial charge in [-0.2, -0.15) is 0 Å². The Balaban J connectivity index is 2.05. The fourth-order valence-corrected chi connectivity index (χ4v) is 3.15. The van der Waals surface area contributed by atoms with Gasteiger partial charge in [-0.1, -0.05) is 29.3 Å². The van der Waals surface area contributed by atoms with E-state index in [-0.39, 0.29) is 6.04 Å². The quantitative estimate of drug-likeness (QED) is 0.939. The third-order valence-corrected chi connectivity index (χ3v) is 4.32. The van der Waals surface area contributed by atoms with Crippen LogP contribution in [0.15, 0.2) is 42.6 Å². The minimum Gasteiger partial charge on any atom is -0.314 e. The van der Waals surface area contributed by atoms with E-state index in [0.717, 1.165) is 42.5 Å². The Morgan fingerprint density at radius 3 is 2.62 bits per heavy atom. The number of hydrogen-bond acceptors (Lipinski definition) is 3. The molecule has 1 aliphatic heterocycles. The molecule has 1 N–H and O–H groups in total. The summed E-state index contributed by atoms with van der Waals surface area (Å²) < 4.78 is 0. The zero-order chi connectivity index (χ0) is 14.7. The van der Waals surface area contributed by atoms with Crippen molar-refractivity contribution in [1.29, 1.82) is 0 Å². The van der Waals surface area contributed by atoms with Gasteiger partial charge in [0.2, 0.25) is 0 Å². The zero-order valence-electron chi connectivity index (χ0n) is 11.6. The van der Waals surface area contributed by atoms with E-state index in [4.69, 9.17) is 23.2 Å². The lowest BCUT2D eigenvalue weighted by Gasteiger charge is -2.35. The number of pyridine rings is 1. The topological polar surface area (TPSA) is 28.2 Å². The van der Waals surface area contributed by atoms with Gasteiger partial charge in [-0.25, -0.2) is 0 Å². The van der Waals surface area contributed by atoms with Crippen LogP contribution in [0.2, 0.25) is 10.0 Å². The Labute approximate surface area is 134 Å². The number of piperazine rings is 1. The summed E-state index contributed by atoms with van der Waals surface area (Å²) in [6, 6.07) is 11.7. The Morgan fingerprint density at radius 1 is 1.10 bits per heavy atom. The summed E-state index contributed by atoms with van der Waals surface area (Å²) in [5.41, 5.74) is 2.02. The lowest BCUT2D eigenvalue weighted by molar-refractivity contribution is 0.195. The molecule has 1 aliphatic rings. The molecule has 2 aromatic rings. The van der Waals surface area contributed by atoms with Crippen LogP contribution in [0.5, 0.6) is 0 Å². The number of nitrogens with zero attached hydrogens (tertiary/aromatic N) is 2. The maximum atomic E-state index is 6.43. The van der Waals surface area contributed by atoms with Gasteiger partial charge in [-0.3, -0.25) is 9.88 Å². The second-order valence-electron chi connectivity index (χ2n) is 5.11. The van der Waals surface area contributed by atoms with Gasteiger partial charge < -0.3 is 5.32 Å². The van der Waals surface area contributed by atoms with E-state index in [1.165, 1.54) is 0 Å². The number of halogens is 2. The van der Waals surface area contributed by atoms with Crippen molar-refractivity contribution in [3.8, 4) is 0 Å². The second-order valence-corrected chi connectivity index (χ2v) is 5.95. The molecular formula is C16H17Cl2N3. The molecule has 5 heteroatoms. The summed E-state index contributed by atoms with van der Waals surface area (Å²) in [6.45, 7) is 3.87. The molecule has 0 radical (unpaired) electrons. The van der Waals surface area contributed by atoms with Crippen molar-refractivity contribution >= 4 is 23.2 Å². The smallest absolute Gasteiger partial charge is 0.0792 e. The minimum absolute atomic E-state index is 0.0412. The fraction of sp³-hybridized carbons (Fsp3) is 0.312. The molecule has 0 aliphatic carbocycles. The van der Waals surface area contributed by atoms with E-state index in [1.54, 1.807) is 0 Å². The molecule has 21 heavy (non-hydrogen) atoms. The summed E-state index contributed by atoms with van der Waals surface area (Å²) in [7, 11) is 0. The Hall–Kier alpha value is -1.13. The Morgan fingerprint density at radius 2 is 1.90 bits per heavy atom. The second kappa shape index (κ2) is 6.75. The Kier molecular flexibility index (Phi) is 4.76. The van der Waals surface area contributed by atoms with Gasteiger partial charge in [0.15, 0.2) is 0 Å². The fourth-order valence-electron chi connectivity index (χ4n) is 2.75. The SMILES string of the molecule is Clc1ccc(Cl)c(C(c2ccccn2)N2CCNCC2)c1. The van der Waals surface area contributed by atoms with Crippen LogP contribution in [0, 0.1) is 0 Å². The highest BCUT2D eigenvalue weighted by Crippen LogP contribution is 2.34. The maximum Gasteiger partial charge on any atom is 0.0792 e. The number of benzene rings is 1. The lowest BCUT2D eigenvalue weighted by Crippen LogP contribution is -2.45. The monoisotopic (exact) mass is 321 g/mol. The molecule has 0 spiro atoms. The van der Waals surface area contributed by atoms with Crippen LogP contribution in [0.3, 0.4) is 0 Å². The summed E-state index contributed by atoms with van der Waals surface area (Å²) in [4.78, 5) is 6.94. The molecule has 110 valence electrons. The Bertz CT molecular complexity index is 598. The summed E-state index contributed by atoms with van der Waals surface area (Å²) in [5, 5.41) is 4.81. The highest BCUT2D eigenvalue weighted by Gasteiger charge is 2.26. The van der Waals surface area contributed by atoms with Crippen molar-refractivity contribution in [1.82, 2.24) is 15.2 Å². The van der Waals surface area contributed by atoms with Crippen molar-refractivity contribution in [2.45, 2.75) is 6.04 Å². The van der Waals surface area contributed by atoms with Gasteiger partial charge in [0.1, 0.15) is 0 Å². The van der Waals surface area contributed by atoms with Gasteiger partial charge in [-0.05, 0) is 35.9 Å². The third-order valence-electron chi connectivity index (χ3n) is 3.74. The number of aromatic nitrogens is 1. The van der Waals surface area contributed by atoms with E-state index in [1.807, 2.05) is 42.6 Å². The predicted molar refractivity (Wildman–Crippen MR) is 87.0 cm³/mol. The van der Waals surface area contributed by atoms with E-state index in [9.17, 15) is 0 Å². The van der Waals surface area contributed by atoms with Crippen LogP contribution in [0.1, 0.15) is 17.3 Å². The zero-order valence-corrected chi connectivity index (χ0v) is 13.1. The highest BCUT2D eigenvalue weighted by molar-refractivity contribution is 6.33. The van der Waals surface area contributed by atoms with Crippen LogP contribution in [-0.4, -0.2) is 36.1 Å². The summed E-state index contributed by atoms with van der Waals surface area (Å²) in [5.74, 6) is 0. The molecule has 0 bridgehead atoms. The number of nitrogens with one attached hydrogen (secondary N) is 1. The van der Waals surface area contributed by atoms with Crippen LogP contribution in [-0.2, 0) is 0 Å². The average Bonchev–Trinajstić information content (AvgIpc) is 2.53. The van der Waals surface area contributed by atoms with Gasteiger partial charge >= 0.3 is 0 Å². The first-order chi connectivity index (χ1) is 10.3. The van der Waals surface area contributed by atoms with Crippen LogP contribution in [0.25, 0.3) is 0 Å². The van der Waals surface area contributed by atoms with Crippen molar-refractivity contribution in [3.05, 3.63) is 63.9 Å². The first-order valence-electron chi connectivity index (χ1n) is 7.06. The van der Waals surface area contributed by atoms with Crippen molar-refractivity contribution in [2.24, 2.45) is 0 Å². The third kappa shape index (κ3) is 3.38. The van der Waals surface area contributed by atoms with Crippen LogP contribution >= 0.6 is 23.2 Å². The van der Waals surface area contributed by atoms with Crippen molar-refractivity contribution in [3.63, 3.8) is 0 Å². The van der Waals surface area contributed by atoms with E-state index in [0.29, 0.717) is 5.02 Å². The molecule has 1 atom stereocenters. The molecule has 1 fully saturated rings. The summed E-state index contributed by atoms with van der Waals surface area (Å²) in [6.07, 6.45) is 1.82. The van der Waals surface area contributed by atoms with Gasteiger partial charge in [0, 0.05) is 42.4 Å². The molecule has 3 rings (SSSR count). The lowest BCUT2D eigenvalue weighted by atomic mass is 10.0. The molecule has 1 unspecified atom stereocenters. The van der Waals surface area contributed by atoms with Crippen LogP contribution in [0.4, 0.5) is 0 Å². The normalized spacial score (nSPS) is 17.6.